The van der Waals surface area contributed by atoms with Crippen molar-refractivity contribution in [2.45, 2.75) is 26.9 Å². The lowest BCUT2D eigenvalue weighted by Crippen LogP contribution is -2.29. The molecule has 0 spiro atoms. The van der Waals surface area contributed by atoms with Gasteiger partial charge in [-0.05, 0) is 5.92 Å². The smallest absolute Gasteiger partial charge is 0.186 e. The van der Waals surface area contributed by atoms with Gasteiger partial charge in [-0.2, -0.15) is 0 Å². The van der Waals surface area contributed by atoms with Crippen molar-refractivity contribution in [2.24, 2.45) is 11.7 Å². The Morgan fingerprint density at radius 3 is 3.00 bits per heavy atom. The Hall–Kier alpha value is -1.59. The fourth-order valence-corrected chi connectivity index (χ4v) is 1.07. The highest BCUT2D eigenvalue weighted by atomic mass is 15.4. The Kier molecular flexibility index (Phi) is 3.44. The monoisotopic (exact) mass is 196 g/mol. The highest BCUT2D eigenvalue weighted by Crippen LogP contribution is 1.98. The van der Waals surface area contributed by atoms with Gasteiger partial charge in [-0.15, -0.1) is 5.10 Å². The third-order valence-corrected chi connectivity index (χ3v) is 1.60. The minimum absolute atomic E-state index is 0.0524. The Morgan fingerprint density at radius 2 is 2.43 bits per heavy atom. The molecule has 0 saturated carbocycles. The number of nitrogens with two attached hydrogens (primary N) is 1. The van der Waals surface area contributed by atoms with E-state index < -0.39 is 0 Å². The van der Waals surface area contributed by atoms with Gasteiger partial charge >= 0.3 is 0 Å². The van der Waals surface area contributed by atoms with Crippen molar-refractivity contribution in [3.05, 3.63) is 11.9 Å². The van der Waals surface area contributed by atoms with Crippen LogP contribution in [0.5, 0.6) is 0 Å². The molecule has 14 heavy (non-hydrogen) atoms. The van der Waals surface area contributed by atoms with E-state index in [0.717, 1.165) is 12.2 Å². The van der Waals surface area contributed by atoms with Crippen LogP contribution in [0, 0.1) is 11.3 Å². The normalized spacial score (nSPS) is 10.5. The van der Waals surface area contributed by atoms with E-state index in [9.17, 15) is 0 Å². The predicted octanol–water partition coefficient (Wildman–Crippen LogP) is -0.0828. The van der Waals surface area contributed by atoms with E-state index in [1.807, 2.05) is 6.20 Å². The van der Waals surface area contributed by atoms with E-state index in [0.29, 0.717) is 12.5 Å². The van der Waals surface area contributed by atoms with Crippen LogP contribution < -0.4 is 11.1 Å². The van der Waals surface area contributed by atoms with Crippen LogP contribution in [0.1, 0.15) is 19.5 Å². The average molecular weight is 196 g/mol. The lowest BCUT2D eigenvalue weighted by atomic mass is 10.2. The lowest BCUT2D eigenvalue weighted by Gasteiger charge is -2.02. The van der Waals surface area contributed by atoms with Crippen molar-refractivity contribution in [3.8, 4) is 0 Å². The summed E-state index contributed by atoms with van der Waals surface area (Å²) in [4.78, 5) is 0. The number of nitrogens with zero attached hydrogens (tertiary/aromatic N) is 3. The van der Waals surface area contributed by atoms with Gasteiger partial charge in [0, 0.05) is 6.54 Å². The topological polar surface area (TPSA) is 92.6 Å². The summed E-state index contributed by atoms with van der Waals surface area (Å²) in [5.41, 5.74) is 5.94. The van der Waals surface area contributed by atoms with Crippen LogP contribution in [0.2, 0.25) is 0 Å². The van der Waals surface area contributed by atoms with Gasteiger partial charge in [-0.25, -0.2) is 0 Å². The van der Waals surface area contributed by atoms with Gasteiger partial charge < -0.3 is 11.1 Å². The minimum Gasteiger partial charge on any atom is -0.370 e. The van der Waals surface area contributed by atoms with E-state index in [1.54, 1.807) is 4.68 Å². The number of nitrogens with one attached hydrogen (secondary N) is 2. The van der Waals surface area contributed by atoms with Crippen molar-refractivity contribution >= 4 is 5.96 Å². The maximum atomic E-state index is 6.98. The van der Waals surface area contributed by atoms with Crippen LogP contribution >= 0.6 is 0 Å². The molecule has 1 aromatic rings. The molecule has 0 bridgehead atoms. The lowest BCUT2D eigenvalue weighted by molar-refractivity contribution is 0.472. The van der Waals surface area contributed by atoms with Gasteiger partial charge in [-0.1, -0.05) is 19.1 Å². The molecular formula is C8H16N6. The van der Waals surface area contributed by atoms with Gasteiger partial charge in [0.1, 0.15) is 5.69 Å². The standard InChI is InChI=1S/C8H16N6/c1-6(2)4-14-5-7(12-13-14)3-11-8(9)10/h5-6H,3-4H2,1-2H3,(H4,9,10,11). The number of hydrogen-bond donors (Lipinski definition) is 3. The number of aromatic nitrogens is 3. The zero-order chi connectivity index (χ0) is 10.6. The zero-order valence-corrected chi connectivity index (χ0v) is 8.49. The Labute approximate surface area is 83.0 Å². The molecule has 0 radical (unpaired) electrons. The van der Waals surface area contributed by atoms with E-state index >= 15 is 0 Å². The van der Waals surface area contributed by atoms with Crippen LogP contribution in [0.3, 0.4) is 0 Å². The molecule has 0 aliphatic rings. The summed E-state index contributed by atoms with van der Waals surface area (Å²) in [5.74, 6) is 0.494. The number of guanidine groups is 1. The molecule has 0 unspecified atom stereocenters. The summed E-state index contributed by atoms with van der Waals surface area (Å²) < 4.78 is 1.79. The first-order chi connectivity index (χ1) is 6.58. The number of rotatable bonds is 4. The van der Waals surface area contributed by atoms with E-state index in [4.69, 9.17) is 11.1 Å². The highest BCUT2D eigenvalue weighted by molar-refractivity contribution is 5.74. The second-order valence-corrected chi connectivity index (χ2v) is 3.59. The first-order valence-electron chi connectivity index (χ1n) is 4.55. The largest absolute Gasteiger partial charge is 0.370 e. The van der Waals surface area contributed by atoms with Crippen molar-refractivity contribution < 1.29 is 0 Å². The Bertz CT molecular complexity index is 303. The second-order valence-electron chi connectivity index (χ2n) is 3.59. The summed E-state index contributed by atoms with van der Waals surface area (Å²) in [6.45, 7) is 5.55. The van der Waals surface area contributed by atoms with Gasteiger partial charge in [-0.3, -0.25) is 10.1 Å². The quantitative estimate of drug-likeness (QED) is 0.464. The van der Waals surface area contributed by atoms with Crippen LogP contribution in [-0.2, 0) is 13.1 Å². The molecule has 4 N–H and O–H groups in total. The van der Waals surface area contributed by atoms with Crippen LogP contribution in [-0.4, -0.2) is 21.0 Å². The van der Waals surface area contributed by atoms with Gasteiger partial charge in [0.15, 0.2) is 5.96 Å². The molecule has 6 heteroatoms. The SMILES string of the molecule is CC(C)Cn1cc(CNC(=N)N)nn1. The third-order valence-electron chi connectivity index (χ3n) is 1.60. The molecule has 0 atom stereocenters. The van der Waals surface area contributed by atoms with Crippen LogP contribution in [0.4, 0.5) is 0 Å². The Balaban J connectivity index is 2.46. The molecule has 1 heterocycles. The van der Waals surface area contributed by atoms with Gasteiger partial charge in [0.25, 0.3) is 0 Å². The zero-order valence-electron chi connectivity index (χ0n) is 8.49. The molecule has 0 aromatic carbocycles. The van der Waals surface area contributed by atoms with E-state index in [1.165, 1.54) is 0 Å². The average Bonchev–Trinajstić information content (AvgIpc) is 2.47. The van der Waals surface area contributed by atoms with Crippen molar-refractivity contribution in [1.82, 2.24) is 20.3 Å². The summed E-state index contributed by atoms with van der Waals surface area (Å²) in [6.07, 6.45) is 1.86. The molecule has 0 aliphatic carbocycles. The third kappa shape index (κ3) is 3.42. The summed E-state index contributed by atoms with van der Waals surface area (Å²) in [5, 5.41) is 17.5. The maximum Gasteiger partial charge on any atom is 0.186 e. The van der Waals surface area contributed by atoms with E-state index in [2.05, 4.69) is 29.5 Å². The summed E-state index contributed by atoms with van der Waals surface area (Å²) in [6, 6.07) is 0. The van der Waals surface area contributed by atoms with Crippen molar-refractivity contribution in [3.63, 3.8) is 0 Å². The molecule has 0 amide bonds. The van der Waals surface area contributed by atoms with Crippen molar-refractivity contribution in [2.75, 3.05) is 0 Å². The van der Waals surface area contributed by atoms with Crippen molar-refractivity contribution in [1.29, 1.82) is 5.41 Å². The molecule has 0 aliphatic heterocycles. The number of hydrogen-bond acceptors (Lipinski definition) is 3. The molecule has 78 valence electrons. The molecule has 1 rings (SSSR count). The molecule has 0 saturated heterocycles. The highest BCUT2D eigenvalue weighted by Gasteiger charge is 2.02. The summed E-state index contributed by atoms with van der Waals surface area (Å²) >= 11 is 0. The van der Waals surface area contributed by atoms with Crippen LogP contribution in [0.25, 0.3) is 0 Å². The Morgan fingerprint density at radius 1 is 1.71 bits per heavy atom. The summed E-state index contributed by atoms with van der Waals surface area (Å²) in [7, 11) is 0. The van der Waals surface area contributed by atoms with Crippen LogP contribution in [0.15, 0.2) is 6.20 Å². The molecule has 0 fully saturated rings. The minimum atomic E-state index is -0.0524. The molecule has 6 nitrogen and oxygen atoms in total. The van der Waals surface area contributed by atoms with E-state index in [-0.39, 0.29) is 5.96 Å². The molecule has 1 aromatic heterocycles. The second kappa shape index (κ2) is 4.59. The first kappa shape index (κ1) is 10.5. The first-order valence-corrected chi connectivity index (χ1v) is 4.55. The fourth-order valence-electron chi connectivity index (χ4n) is 1.07. The van der Waals surface area contributed by atoms with Gasteiger partial charge in [0.05, 0.1) is 12.7 Å². The maximum absolute atomic E-state index is 6.98. The predicted molar refractivity (Wildman–Crippen MR) is 53.6 cm³/mol. The fraction of sp³-hybridized carbons (Fsp3) is 0.625. The molecular weight excluding hydrogens is 180 g/mol. The van der Waals surface area contributed by atoms with Gasteiger partial charge in [0.2, 0.25) is 0 Å².